The lowest BCUT2D eigenvalue weighted by atomic mass is 9.86. The Labute approximate surface area is 231 Å². The molecule has 1 aliphatic rings. The molecule has 0 saturated carbocycles. The summed E-state index contributed by atoms with van der Waals surface area (Å²) in [4.78, 5) is 17.2. The van der Waals surface area contributed by atoms with Crippen molar-refractivity contribution in [3.05, 3.63) is 51.7 Å². The molecule has 0 spiro atoms. The molecule has 1 aliphatic carbocycles. The summed E-state index contributed by atoms with van der Waals surface area (Å²) < 4.78 is 6.06. The van der Waals surface area contributed by atoms with Crippen molar-refractivity contribution in [3.63, 3.8) is 0 Å². The summed E-state index contributed by atoms with van der Waals surface area (Å²) in [6, 6.07) is 11.3. The van der Waals surface area contributed by atoms with E-state index < -0.39 is 0 Å². The van der Waals surface area contributed by atoms with Gasteiger partial charge in [0, 0.05) is 23.9 Å². The Morgan fingerprint density at radius 2 is 1.76 bits per heavy atom. The summed E-state index contributed by atoms with van der Waals surface area (Å²) in [6.45, 7) is 11.4. The maximum absolute atomic E-state index is 13.0. The Morgan fingerprint density at radius 3 is 2.46 bits per heavy atom. The number of ether oxygens (including phenoxy) is 1. The van der Waals surface area contributed by atoms with E-state index in [1.165, 1.54) is 48.1 Å². The first-order valence-corrected chi connectivity index (χ1v) is 16.0. The Hall–Kier alpha value is -1.65. The van der Waals surface area contributed by atoms with Gasteiger partial charge in [-0.25, -0.2) is 0 Å². The Bertz CT molecular complexity index is 909. The van der Waals surface area contributed by atoms with Crippen molar-refractivity contribution in [3.8, 4) is 5.75 Å². The van der Waals surface area contributed by atoms with Crippen molar-refractivity contribution in [2.75, 3.05) is 13.1 Å². The van der Waals surface area contributed by atoms with E-state index >= 15 is 0 Å². The van der Waals surface area contributed by atoms with Crippen molar-refractivity contribution in [1.82, 2.24) is 4.90 Å². The van der Waals surface area contributed by atoms with Crippen LogP contribution in [0.4, 0.5) is 0 Å². The molecule has 2 aromatic rings. The standard InChI is InChI=1S/C33H51NO2S/c1-5-11-26(8-4)16-17-27(12-6-2)24-33(35)36-32-15-9-13-28-25-29(18-19-31(28)32)34(21-7-3)22-20-30-14-10-23-37-30/h9-10,13-15,23,26-27,29H,5-8,11-12,16-22,24-25H2,1-4H3. The Kier molecular flexibility index (Phi) is 13.2. The molecule has 4 heteroatoms. The lowest BCUT2D eigenvalue weighted by Crippen LogP contribution is -2.41. The van der Waals surface area contributed by atoms with Gasteiger partial charge in [0.1, 0.15) is 5.75 Å². The van der Waals surface area contributed by atoms with Crippen LogP contribution in [0.3, 0.4) is 0 Å². The molecule has 0 N–H and O–H groups in total. The van der Waals surface area contributed by atoms with Crippen LogP contribution in [0.15, 0.2) is 35.7 Å². The maximum atomic E-state index is 13.0. The maximum Gasteiger partial charge on any atom is 0.311 e. The molecule has 0 amide bonds. The van der Waals surface area contributed by atoms with Gasteiger partial charge < -0.3 is 4.74 Å². The van der Waals surface area contributed by atoms with Gasteiger partial charge >= 0.3 is 5.97 Å². The summed E-state index contributed by atoms with van der Waals surface area (Å²) in [5.74, 6) is 2.01. The van der Waals surface area contributed by atoms with Gasteiger partial charge in [0.2, 0.25) is 0 Å². The highest BCUT2D eigenvalue weighted by Gasteiger charge is 2.27. The predicted octanol–water partition coefficient (Wildman–Crippen LogP) is 8.88. The fraction of sp³-hybridized carbons (Fsp3) is 0.667. The van der Waals surface area contributed by atoms with Gasteiger partial charge in [-0.2, -0.15) is 0 Å². The van der Waals surface area contributed by atoms with Crippen LogP contribution in [0, 0.1) is 11.8 Å². The van der Waals surface area contributed by atoms with Crippen LogP contribution in [0.5, 0.6) is 5.75 Å². The zero-order valence-corrected chi connectivity index (χ0v) is 24.8. The smallest absolute Gasteiger partial charge is 0.311 e. The minimum Gasteiger partial charge on any atom is -0.426 e. The van der Waals surface area contributed by atoms with Gasteiger partial charge in [0.25, 0.3) is 0 Å². The number of nitrogens with zero attached hydrogens (tertiary/aromatic N) is 1. The number of rotatable bonds is 17. The van der Waals surface area contributed by atoms with E-state index in [1.54, 1.807) is 0 Å². The van der Waals surface area contributed by atoms with Gasteiger partial charge in [-0.1, -0.05) is 84.4 Å². The minimum atomic E-state index is -0.0407. The van der Waals surface area contributed by atoms with Gasteiger partial charge in [-0.05, 0) is 85.5 Å². The first kappa shape index (κ1) is 29.9. The van der Waals surface area contributed by atoms with Crippen LogP contribution < -0.4 is 4.74 Å². The molecule has 1 heterocycles. The van der Waals surface area contributed by atoms with Crippen LogP contribution in [0.2, 0.25) is 0 Å². The van der Waals surface area contributed by atoms with Crippen LogP contribution in [0.1, 0.15) is 108 Å². The van der Waals surface area contributed by atoms with Crippen molar-refractivity contribution >= 4 is 17.3 Å². The quantitative estimate of drug-likeness (QED) is 0.153. The molecule has 1 aromatic heterocycles. The molecule has 1 aromatic carbocycles. The number of esters is 1. The number of hydrogen-bond donors (Lipinski definition) is 0. The highest BCUT2D eigenvalue weighted by atomic mass is 32.1. The molecule has 0 bridgehead atoms. The molecular formula is C33H51NO2S. The lowest BCUT2D eigenvalue weighted by Gasteiger charge is -2.35. The summed E-state index contributed by atoms with van der Waals surface area (Å²) in [6.07, 6.45) is 14.5. The largest absolute Gasteiger partial charge is 0.426 e. The van der Waals surface area contributed by atoms with Crippen LogP contribution in [-0.2, 0) is 24.1 Å². The molecule has 0 saturated heterocycles. The first-order valence-electron chi connectivity index (χ1n) is 15.2. The SMILES string of the molecule is CCCC(CC)CCC(CCC)CC(=O)Oc1cccc2c1CCC(N(CCC)CCc1cccs1)C2. The van der Waals surface area contributed by atoms with E-state index in [4.69, 9.17) is 4.74 Å². The van der Waals surface area contributed by atoms with Gasteiger partial charge in [-0.3, -0.25) is 9.69 Å². The first-order chi connectivity index (χ1) is 18.1. The summed E-state index contributed by atoms with van der Waals surface area (Å²) in [7, 11) is 0. The normalized spacial score (nSPS) is 16.9. The number of carbonyl (C=O) groups excluding carboxylic acids is 1. The highest BCUT2D eigenvalue weighted by molar-refractivity contribution is 7.09. The lowest BCUT2D eigenvalue weighted by molar-refractivity contribution is -0.135. The molecule has 206 valence electrons. The molecule has 37 heavy (non-hydrogen) atoms. The van der Waals surface area contributed by atoms with Gasteiger partial charge in [0.15, 0.2) is 0 Å². The molecule has 0 radical (unpaired) electrons. The summed E-state index contributed by atoms with van der Waals surface area (Å²) in [5, 5.41) is 2.18. The second-order valence-electron chi connectivity index (χ2n) is 11.1. The van der Waals surface area contributed by atoms with E-state index in [-0.39, 0.29) is 5.97 Å². The second-order valence-corrected chi connectivity index (χ2v) is 12.2. The van der Waals surface area contributed by atoms with Crippen molar-refractivity contribution < 1.29 is 9.53 Å². The average Bonchev–Trinajstić information content (AvgIpc) is 3.42. The number of benzene rings is 1. The topological polar surface area (TPSA) is 29.5 Å². The zero-order chi connectivity index (χ0) is 26.5. The second kappa shape index (κ2) is 16.3. The summed E-state index contributed by atoms with van der Waals surface area (Å²) >= 11 is 1.87. The highest BCUT2D eigenvalue weighted by Crippen LogP contribution is 2.33. The predicted molar refractivity (Wildman–Crippen MR) is 159 cm³/mol. The third-order valence-electron chi connectivity index (χ3n) is 8.30. The van der Waals surface area contributed by atoms with Crippen molar-refractivity contribution in [2.24, 2.45) is 11.8 Å². The monoisotopic (exact) mass is 525 g/mol. The Balaban J connectivity index is 1.58. The molecule has 0 fully saturated rings. The molecular weight excluding hydrogens is 474 g/mol. The number of thiophene rings is 1. The molecule has 3 nitrogen and oxygen atoms in total. The number of hydrogen-bond acceptors (Lipinski definition) is 4. The third-order valence-corrected chi connectivity index (χ3v) is 9.24. The fourth-order valence-electron chi connectivity index (χ4n) is 6.22. The minimum absolute atomic E-state index is 0.0407. The van der Waals surface area contributed by atoms with Crippen molar-refractivity contribution in [2.45, 2.75) is 117 Å². The van der Waals surface area contributed by atoms with E-state index in [9.17, 15) is 4.79 Å². The zero-order valence-electron chi connectivity index (χ0n) is 24.0. The third kappa shape index (κ3) is 9.55. The van der Waals surface area contributed by atoms with E-state index in [2.05, 4.69) is 62.2 Å². The average molecular weight is 526 g/mol. The molecule has 3 rings (SSSR count). The summed E-state index contributed by atoms with van der Waals surface area (Å²) in [5.41, 5.74) is 2.64. The van der Waals surface area contributed by atoms with Gasteiger partial charge in [0.05, 0.1) is 0 Å². The van der Waals surface area contributed by atoms with Crippen molar-refractivity contribution in [1.29, 1.82) is 0 Å². The number of fused-ring (bicyclic) bond motifs is 1. The number of carbonyl (C=O) groups is 1. The van der Waals surface area contributed by atoms with E-state index in [0.717, 1.165) is 69.7 Å². The van der Waals surface area contributed by atoms with Crippen LogP contribution in [-0.4, -0.2) is 30.0 Å². The van der Waals surface area contributed by atoms with E-state index in [1.807, 2.05) is 17.4 Å². The van der Waals surface area contributed by atoms with Crippen LogP contribution >= 0.6 is 11.3 Å². The molecule has 0 aliphatic heterocycles. The molecule has 3 unspecified atom stereocenters. The Morgan fingerprint density at radius 1 is 0.973 bits per heavy atom. The van der Waals surface area contributed by atoms with E-state index in [0.29, 0.717) is 18.4 Å². The fourth-order valence-corrected chi connectivity index (χ4v) is 6.92. The van der Waals surface area contributed by atoms with Crippen LogP contribution in [0.25, 0.3) is 0 Å². The van der Waals surface area contributed by atoms with Gasteiger partial charge in [-0.15, -0.1) is 11.3 Å². The molecule has 3 atom stereocenters.